The van der Waals surface area contributed by atoms with Crippen molar-refractivity contribution in [2.45, 2.75) is 9.24 Å². The number of thioether (sulfide) groups is 1. The third-order valence-corrected chi connectivity index (χ3v) is 9.15. The van der Waals surface area contributed by atoms with E-state index in [0.29, 0.717) is 18.0 Å². The van der Waals surface area contributed by atoms with Crippen LogP contribution in [0.3, 0.4) is 0 Å². The lowest BCUT2D eigenvalue weighted by Gasteiger charge is -2.24. The third kappa shape index (κ3) is 5.94. The molecule has 4 rings (SSSR count). The first kappa shape index (κ1) is 23.7. The second-order valence-electron chi connectivity index (χ2n) is 6.95. The van der Waals surface area contributed by atoms with Gasteiger partial charge in [-0.1, -0.05) is 58.0 Å². The van der Waals surface area contributed by atoms with Gasteiger partial charge in [0.1, 0.15) is 6.54 Å². The number of carbonyl (C=O) groups is 1. The molecule has 0 atom stereocenters. The molecule has 0 spiro atoms. The van der Waals surface area contributed by atoms with Gasteiger partial charge >= 0.3 is 0 Å². The van der Waals surface area contributed by atoms with E-state index in [4.69, 9.17) is 0 Å². The van der Waals surface area contributed by atoms with Crippen LogP contribution >= 0.6 is 39.0 Å². The molecule has 10 heteroatoms. The number of hydrogen-bond acceptors (Lipinski definition) is 6. The van der Waals surface area contributed by atoms with Crippen molar-refractivity contribution in [3.05, 3.63) is 83.3 Å². The van der Waals surface area contributed by atoms with Gasteiger partial charge in [-0.15, -0.1) is 11.3 Å². The van der Waals surface area contributed by atoms with E-state index in [9.17, 15) is 13.2 Å². The van der Waals surface area contributed by atoms with Gasteiger partial charge in [0, 0.05) is 16.8 Å². The molecule has 0 saturated carbocycles. The maximum atomic E-state index is 13.3. The molecule has 33 heavy (non-hydrogen) atoms. The SMILES string of the molecule is O=C(CN(c1ccc(Br)cc1)S(=O)(=O)c1ccccc1)NCCSc1nc2ccccc2s1. The number of sulfonamides is 1. The summed E-state index contributed by atoms with van der Waals surface area (Å²) in [4.78, 5) is 17.4. The van der Waals surface area contributed by atoms with E-state index in [1.54, 1.807) is 65.6 Å². The van der Waals surface area contributed by atoms with Gasteiger partial charge in [0.05, 0.1) is 20.8 Å². The standard InChI is InChI=1S/C23H20BrN3O3S3/c24-17-10-12-18(13-11-17)27(33(29,30)19-6-2-1-3-7-19)16-22(28)25-14-15-31-23-26-20-8-4-5-9-21(20)32-23/h1-13H,14-16H2,(H,25,28). The maximum absolute atomic E-state index is 13.3. The Bertz CT molecular complexity index is 1310. The Labute approximate surface area is 209 Å². The molecule has 0 unspecified atom stereocenters. The van der Waals surface area contributed by atoms with Crippen LogP contribution < -0.4 is 9.62 Å². The highest BCUT2D eigenvalue weighted by atomic mass is 79.9. The number of amides is 1. The Morgan fingerprint density at radius 3 is 2.42 bits per heavy atom. The van der Waals surface area contributed by atoms with E-state index in [1.165, 1.54) is 12.1 Å². The molecule has 0 aliphatic heterocycles. The highest BCUT2D eigenvalue weighted by molar-refractivity contribution is 9.10. The molecular weight excluding hydrogens is 542 g/mol. The van der Waals surface area contributed by atoms with Crippen LogP contribution in [0.4, 0.5) is 5.69 Å². The first-order chi connectivity index (χ1) is 15.9. The number of aromatic nitrogens is 1. The quantitative estimate of drug-likeness (QED) is 0.225. The summed E-state index contributed by atoms with van der Waals surface area (Å²) in [6.45, 7) is 0.0870. The zero-order chi connectivity index (χ0) is 23.3. The molecule has 1 aromatic heterocycles. The van der Waals surface area contributed by atoms with Gasteiger partial charge in [0.25, 0.3) is 10.0 Å². The number of halogens is 1. The van der Waals surface area contributed by atoms with Crippen LogP contribution in [0.2, 0.25) is 0 Å². The van der Waals surface area contributed by atoms with Crippen LogP contribution in [-0.2, 0) is 14.8 Å². The van der Waals surface area contributed by atoms with Crippen LogP contribution in [-0.4, -0.2) is 38.2 Å². The van der Waals surface area contributed by atoms with E-state index >= 15 is 0 Å². The summed E-state index contributed by atoms with van der Waals surface area (Å²) in [5.74, 6) is 0.261. The van der Waals surface area contributed by atoms with E-state index in [1.807, 2.05) is 24.3 Å². The number of anilines is 1. The van der Waals surface area contributed by atoms with E-state index in [-0.39, 0.29) is 17.3 Å². The minimum Gasteiger partial charge on any atom is -0.354 e. The predicted molar refractivity (Wildman–Crippen MR) is 138 cm³/mol. The van der Waals surface area contributed by atoms with Crippen molar-refractivity contribution < 1.29 is 13.2 Å². The first-order valence-corrected chi connectivity index (χ1v) is 14.1. The summed E-state index contributed by atoms with van der Waals surface area (Å²) in [6, 6.07) is 22.9. The first-order valence-electron chi connectivity index (χ1n) is 10.0. The van der Waals surface area contributed by atoms with Gasteiger partial charge in [0.2, 0.25) is 5.91 Å². The minimum absolute atomic E-state index is 0.132. The van der Waals surface area contributed by atoms with Gasteiger partial charge in [0.15, 0.2) is 4.34 Å². The normalized spacial score (nSPS) is 11.4. The molecule has 6 nitrogen and oxygen atoms in total. The van der Waals surface area contributed by atoms with Gasteiger partial charge < -0.3 is 5.32 Å². The molecule has 0 bridgehead atoms. The van der Waals surface area contributed by atoms with E-state index in [0.717, 1.165) is 23.3 Å². The van der Waals surface area contributed by atoms with Crippen LogP contribution in [0, 0.1) is 0 Å². The molecule has 0 radical (unpaired) electrons. The van der Waals surface area contributed by atoms with Gasteiger partial charge in [-0.2, -0.15) is 0 Å². The number of fused-ring (bicyclic) bond motifs is 1. The lowest BCUT2D eigenvalue weighted by atomic mass is 10.3. The molecule has 1 amide bonds. The summed E-state index contributed by atoms with van der Waals surface area (Å²) >= 11 is 6.54. The monoisotopic (exact) mass is 561 g/mol. The fourth-order valence-corrected chi connectivity index (χ4v) is 6.77. The molecule has 170 valence electrons. The van der Waals surface area contributed by atoms with Crippen molar-refractivity contribution >= 4 is 70.9 Å². The van der Waals surface area contributed by atoms with Gasteiger partial charge in [-0.05, 0) is 48.5 Å². The van der Waals surface area contributed by atoms with Crippen LogP contribution in [0.5, 0.6) is 0 Å². The lowest BCUT2D eigenvalue weighted by molar-refractivity contribution is -0.119. The number of nitrogens with one attached hydrogen (secondary N) is 1. The Balaban J connectivity index is 1.41. The van der Waals surface area contributed by atoms with E-state index in [2.05, 4.69) is 26.2 Å². The topological polar surface area (TPSA) is 79.4 Å². The Morgan fingerprint density at radius 2 is 1.70 bits per heavy atom. The number of thiazole rings is 1. The summed E-state index contributed by atoms with van der Waals surface area (Å²) < 4.78 is 30.6. The van der Waals surface area contributed by atoms with Crippen molar-refractivity contribution in [3.63, 3.8) is 0 Å². The molecule has 1 heterocycles. The number of carbonyl (C=O) groups excluding carboxylic acids is 1. The number of rotatable bonds is 9. The van der Waals surface area contributed by atoms with E-state index < -0.39 is 10.0 Å². The minimum atomic E-state index is -3.91. The molecule has 3 aromatic carbocycles. The number of para-hydroxylation sites is 1. The summed E-state index contributed by atoms with van der Waals surface area (Å²) in [7, 11) is -3.91. The molecule has 0 fully saturated rings. The molecular formula is C23H20BrN3O3S3. The van der Waals surface area contributed by atoms with Crippen LogP contribution in [0.25, 0.3) is 10.2 Å². The largest absolute Gasteiger partial charge is 0.354 e. The third-order valence-electron chi connectivity index (χ3n) is 4.66. The number of hydrogen-bond donors (Lipinski definition) is 1. The molecule has 0 aliphatic rings. The molecule has 0 saturated heterocycles. The second-order valence-corrected chi connectivity index (χ2v) is 12.1. The highest BCUT2D eigenvalue weighted by Gasteiger charge is 2.27. The van der Waals surface area contributed by atoms with Crippen LogP contribution in [0.15, 0.2) is 92.6 Å². The Hall–Kier alpha value is -2.40. The van der Waals surface area contributed by atoms with Crippen molar-refractivity contribution in [2.75, 3.05) is 23.1 Å². The average molecular weight is 563 g/mol. The smallest absolute Gasteiger partial charge is 0.264 e. The van der Waals surface area contributed by atoms with Gasteiger partial charge in [-0.25, -0.2) is 13.4 Å². The summed E-state index contributed by atoms with van der Waals surface area (Å²) in [5, 5.41) is 2.82. The zero-order valence-electron chi connectivity index (χ0n) is 17.3. The lowest BCUT2D eigenvalue weighted by Crippen LogP contribution is -2.41. The van der Waals surface area contributed by atoms with Crippen molar-refractivity contribution in [1.29, 1.82) is 0 Å². The molecule has 1 N–H and O–H groups in total. The van der Waals surface area contributed by atoms with Crippen molar-refractivity contribution in [1.82, 2.24) is 10.3 Å². The number of nitrogens with zero attached hydrogens (tertiary/aromatic N) is 2. The summed E-state index contributed by atoms with van der Waals surface area (Å²) in [5.41, 5.74) is 1.38. The van der Waals surface area contributed by atoms with Gasteiger partial charge in [-0.3, -0.25) is 9.10 Å². The van der Waals surface area contributed by atoms with Crippen LogP contribution in [0.1, 0.15) is 0 Å². The highest BCUT2D eigenvalue weighted by Crippen LogP contribution is 2.29. The fraction of sp³-hybridized carbons (Fsp3) is 0.130. The fourth-order valence-electron chi connectivity index (χ4n) is 3.07. The second kappa shape index (κ2) is 10.7. The predicted octanol–water partition coefficient (Wildman–Crippen LogP) is 5.16. The number of benzene rings is 3. The van der Waals surface area contributed by atoms with Crippen molar-refractivity contribution in [3.8, 4) is 0 Å². The average Bonchev–Trinajstić information content (AvgIpc) is 3.24. The summed E-state index contributed by atoms with van der Waals surface area (Å²) in [6.07, 6.45) is 0. The maximum Gasteiger partial charge on any atom is 0.264 e. The molecule has 4 aromatic rings. The zero-order valence-corrected chi connectivity index (χ0v) is 21.4. The Morgan fingerprint density at radius 1 is 1.00 bits per heavy atom. The molecule has 0 aliphatic carbocycles. The van der Waals surface area contributed by atoms with Crippen molar-refractivity contribution in [2.24, 2.45) is 0 Å². The Kier molecular flexibility index (Phi) is 7.69.